The van der Waals surface area contributed by atoms with Crippen molar-refractivity contribution in [2.75, 3.05) is 39.3 Å². The van der Waals surface area contributed by atoms with E-state index in [4.69, 9.17) is 0 Å². The predicted molar refractivity (Wildman–Crippen MR) is 110 cm³/mol. The van der Waals surface area contributed by atoms with E-state index in [1.165, 1.54) is 0 Å². The molecule has 3 heterocycles. The first-order valence-electron chi connectivity index (χ1n) is 10.2. The van der Waals surface area contributed by atoms with Gasteiger partial charge in [0.1, 0.15) is 0 Å². The lowest BCUT2D eigenvalue weighted by Gasteiger charge is -2.31. The maximum absolute atomic E-state index is 13.2. The third-order valence-electron chi connectivity index (χ3n) is 5.60. The van der Waals surface area contributed by atoms with Crippen LogP contribution in [-0.2, 0) is 10.2 Å². The number of carbonyl (C=O) groups is 1. The van der Waals surface area contributed by atoms with Crippen molar-refractivity contribution in [1.29, 1.82) is 0 Å². The zero-order valence-electron chi connectivity index (χ0n) is 16.5. The fourth-order valence-electron chi connectivity index (χ4n) is 4.02. The molecule has 156 valence electrons. The van der Waals surface area contributed by atoms with E-state index in [9.17, 15) is 13.2 Å². The molecule has 0 spiro atoms. The molecule has 1 aromatic heterocycles. The summed E-state index contributed by atoms with van der Waals surface area (Å²) >= 11 is 0. The molecule has 0 bridgehead atoms. The Labute approximate surface area is 171 Å². The highest BCUT2D eigenvalue weighted by atomic mass is 32.2. The molecule has 29 heavy (non-hydrogen) atoms. The lowest BCUT2D eigenvalue weighted by atomic mass is 10.1. The summed E-state index contributed by atoms with van der Waals surface area (Å²) in [6.07, 6.45) is 7.04. The summed E-state index contributed by atoms with van der Waals surface area (Å²) in [5.41, 5.74) is 1.30. The molecule has 0 N–H and O–H groups in total. The van der Waals surface area contributed by atoms with E-state index in [1.807, 2.05) is 30.5 Å². The second kappa shape index (κ2) is 8.64. The van der Waals surface area contributed by atoms with Crippen LogP contribution in [-0.4, -0.2) is 76.9 Å². The van der Waals surface area contributed by atoms with Crippen LogP contribution in [0.15, 0.2) is 42.7 Å². The van der Waals surface area contributed by atoms with Crippen LogP contribution in [0.4, 0.5) is 0 Å². The fourth-order valence-corrected chi connectivity index (χ4v) is 5.74. The molecule has 2 aliphatic heterocycles. The number of hydrogen-bond donors (Lipinski definition) is 0. The second-order valence-electron chi connectivity index (χ2n) is 7.48. The first-order valence-corrected chi connectivity index (χ1v) is 11.6. The number of rotatable bonds is 4. The largest absolute Gasteiger partial charge is 0.337 e. The number of benzene rings is 1. The summed E-state index contributed by atoms with van der Waals surface area (Å²) in [7, 11) is -3.45. The van der Waals surface area contributed by atoms with E-state index in [2.05, 4.69) is 5.10 Å². The number of nitrogens with zero attached hydrogens (tertiary/aromatic N) is 5. The summed E-state index contributed by atoms with van der Waals surface area (Å²) in [6.45, 7) is 2.90. The summed E-state index contributed by atoms with van der Waals surface area (Å²) in [5.74, 6) is -0.0895. The van der Waals surface area contributed by atoms with Gasteiger partial charge in [0.2, 0.25) is 0 Å². The second-order valence-corrected chi connectivity index (χ2v) is 9.41. The van der Waals surface area contributed by atoms with Crippen LogP contribution in [0, 0.1) is 0 Å². The lowest BCUT2D eigenvalue weighted by molar-refractivity contribution is 0.0764. The highest BCUT2D eigenvalue weighted by molar-refractivity contribution is 7.86. The Morgan fingerprint density at radius 2 is 1.55 bits per heavy atom. The number of piperidine rings is 1. The van der Waals surface area contributed by atoms with Crippen molar-refractivity contribution in [3.63, 3.8) is 0 Å². The predicted octanol–water partition coefficient (Wildman–Crippen LogP) is 1.75. The van der Waals surface area contributed by atoms with Crippen LogP contribution < -0.4 is 0 Å². The van der Waals surface area contributed by atoms with Crippen LogP contribution in [0.3, 0.4) is 0 Å². The molecule has 0 unspecified atom stereocenters. The minimum Gasteiger partial charge on any atom is -0.337 e. The van der Waals surface area contributed by atoms with Crippen molar-refractivity contribution in [3.8, 4) is 5.69 Å². The van der Waals surface area contributed by atoms with Gasteiger partial charge in [-0.15, -0.1) is 0 Å². The molecule has 9 heteroatoms. The third kappa shape index (κ3) is 4.22. The highest BCUT2D eigenvalue weighted by Gasteiger charge is 2.33. The van der Waals surface area contributed by atoms with Crippen molar-refractivity contribution in [2.45, 2.75) is 25.7 Å². The topological polar surface area (TPSA) is 78.8 Å². The maximum Gasteiger partial charge on any atom is 0.282 e. The van der Waals surface area contributed by atoms with Crippen molar-refractivity contribution < 1.29 is 13.2 Å². The Hall–Kier alpha value is -2.23. The van der Waals surface area contributed by atoms with Gasteiger partial charge in [-0.05, 0) is 37.5 Å². The smallest absolute Gasteiger partial charge is 0.282 e. The van der Waals surface area contributed by atoms with Gasteiger partial charge in [0.05, 0.1) is 11.3 Å². The zero-order chi connectivity index (χ0) is 20.3. The number of amides is 1. The van der Waals surface area contributed by atoms with Crippen molar-refractivity contribution in [3.05, 3.63) is 48.3 Å². The molecule has 2 saturated heterocycles. The Morgan fingerprint density at radius 1 is 0.828 bits per heavy atom. The molecule has 1 aromatic carbocycles. The molecule has 2 aromatic rings. The minimum atomic E-state index is -3.45. The van der Waals surface area contributed by atoms with E-state index in [-0.39, 0.29) is 5.91 Å². The molecule has 2 aliphatic rings. The molecule has 1 amide bonds. The molecular weight excluding hydrogens is 390 g/mol. The van der Waals surface area contributed by atoms with Crippen LogP contribution in [0.25, 0.3) is 5.69 Å². The maximum atomic E-state index is 13.2. The minimum absolute atomic E-state index is 0.0895. The summed E-state index contributed by atoms with van der Waals surface area (Å²) in [5, 5.41) is 4.24. The monoisotopic (exact) mass is 417 g/mol. The van der Waals surface area contributed by atoms with E-state index >= 15 is 0 Å². The van der Waals surface area contributed by atoms with E-state index in [0.717, 1.165) is 24.9 Å². The Balaban J connectivity index is 1.49. The third-order valence-corrected chi connectivity index (χ3v) is 7.63. The van der Waals surface area contributed by atoms with Gasteiger partial charge in [-0.25, -0.2) is 4.68 Å². The first kappa shape index (κ1) is 20.1. The normalized spacial score (nSPS) is 19.8. The van der Waals surface area contributed by atoms with Gasteiger partial charge in [0.15, 0.2) is 0 Å². The van der Waals surface area contributed by atoms with Crippen LogP contribution in [0.5, 0.6) is 0 Å². The van der Waals surface area contributed by atoms with Crippen LogP contribution in [0.1, 0.15) is 36.0 Å². The zero-order valence-corrected chi connectivity index (χ0v) is 17.3. The van der Waals surface area contributed by atoms with Gasteiger partial charge in [-0.1, -0.05) is 18.6 Å². The van der Waals surface area contributed by atoms with Gasteiger partial charge >= 0.3 is 0 Å². The molecule has 0 atom stereocenters. The molecule has 4 rings (SSSR count). The van der Waals surface area contributed by atoms with Crippen molar-refractivity contribution in [1.82, 2.24) is 23.3 Å². The van der Waals surface area contributed by atoms with Gasteiger partial charge in [0, 0.05) is 51.7 Å². The Bertz CT molecular complexity index is 939. The van der Waals surface area contributed by atoms with Crippen LogP contribution >= 0.6 is 0 Å². The number of carbonyl (C=O) groups excluding carboxylic acids is 1. The number of para-hydroxylation sites is 1. The van der Waals surface area contributed by atoms with E-state index in [1.54, 1.807) is 30.5 Å². The van der Waals surface area contributed by atoms with E-state index in [0.29, 0.717) is 51.3 Å². The average Bonchev–Trinajstić information content (AvgIpc) is 3.17. The standard InChI is InChI=1S/C20H27N5O3S/c26-20(18-8-2-3-9-19(18)25-15-6-10-21-25)22-11-7-14-24(17-16-22)29(27,28)23-12-4-1-5-13-23/h2-3,6,8-10,15H,1,4-5,7,11-14,16-17H2. The Morgan fingerprint density at radius 3 is 2.31 bits per heavy atom. The van der Waals surface area contributed by atoms with Gasteiger partial charge in [-0.2, -0.15) is 22.1 Å². The number of hydrogen-bond acceptors (Lipinski definition) is 4. The van der Waals surface area contributed by atoms with Gasteiger partial charge in [-0.3, -0.25) is 4.79 Å². The molecule has 2 fully saturated rings. The highest BCUT2D eigenvalue weighted by Crippen LogP contribution is 2.20. The average molecular weight is 418 g/mol. The van der Waals surface area contributed by atoms with E-state index < -0.39 is 10.2 Å². The fraction of sp³-hybridized carbons (Fsp3) is 0.500. The van der Waals surface area contributed by atoms with Crippen molar-refractivity contribution >= 4 is 16.1 Å². The number of aromatic nitrogens is 2. The molecule has 0 aliphatic carbocycles. The lowest BCUT2D eigenvalue weighted by Crippen LogP contribution is -2.47. The molecule has 0 radical (unpaired) electrons. The quantitative estimate of drug-likeness (QED) is 0.759. The van der Waals surface area contributed by atoms with Gasteiger partial charge < -0.3 is 4.90 Å². The van der Waals surface area contributed by atoms with Crippen molar-refractivity contribution in [2.24, 2.45) is 0 Å². The van der Waals surface area contributed by atoms with Gasteiger partial charge in [0.25, 0.3) is 16.1 Å². The molecule has 8 nitrogen and oxygen atoms in total. The summed E-state index contributed by atoms with van der Waals surface area (Å²) in [4.78, 5) is 15.0. The Kier molecular flexibility index (Phi) is 5.98. The summed E-state index contributed by atoms with van der Waals surface area (Å²) in [6, 6.07) is 9.20. The summed E-state index contributed by atoms with van der Waals surface area (Å²) < 4.78 is 30.8. The SMILES string of the molecule is O=C(c1ccccc1-n1cccn1)N1CCCN(S(=O)(=O)N2CCCCC2)CC1. The first-order chi connectivity index (χ1) is 14.1. The molecular formula is C20H27N5O3S. The molecule has 0 saturated carbocycles. The van der Waals surface area contributed by atoms with Crippen LogP contribution in [0.2, 0.25) is 0 Å².